The number of rotatable bonds is 8. The van der Waals surface area contributed by atoms with Crippen LogP contribution in [0.4, 0.5) is 10.8 Å². The average molecular weight is 549 g/mol. The summed E-state index contributed by atoms with van der Waals surface area (Å²) in [4.78, 5) is 12.9. The second-order valence-electron chi connectivity index (χ2n) is 7.13. The fraction of sp³-hybridized carbons (Fsp3) is 0.0870. The number of nitrogens with one attached hydrogen (secondary N) is 1. The van der Waals surface area contributed by atoms with Crippen LogP contribution in [0.15, 0.2) is 77.7 Å². The highest BCUT2D eigenvalue weighted by Crippen LogP contribution is 2.29. The molecule has 0 saturated carbocycles. The van der Waals surface area contributed by atoms with Gasteiger partial charge in [0, 0.05) is 15.6 Å². The molecule has 0 fully saturated rings. The first kappa shape index (κ1) is 24.9. The lowest BCUT2D eigenvalue weighted by molar-refractivity contribution is -0.114. The Morgan fingerprint density at radius 1 is 1.00 bits per heavy atom. The summed E-state index contributed by atoms with van der Waals surface area (Å²) in [5.41, 5.74) is 1.04. The number of sulfonamides is 1. The first-order valence-electron chi connectivity index (χ1n) is 10.1. The van der Waals surface area contributed by atoms with E-state index in [-0.39, 0.29) is 15.7 Å². The van der Waals surface area contributed by atoms with Crippen LogP contribution in [0, 0.1) is 0 Å². The van der Waals surface area contributed by atoms with Crippen LogP contribution in [0.25, 0.3) is 10.6 Å². The Bertz CT molecular complexity index is 1440. The largest absolute Gasteiger partial charge is 0.497 e. The number of carbonyl (C=O) groups excluding carboxylic acids is 1. The van der Waals surface area contributed by atoms with Gasteiger partial charge in [-0.05, 0) is 66.7 Å². The molecule has 1 amide bonds. The van der Waals surface area contributed by atoms with Gasteiger partial charge in [-0.25, -0.2) is 8.42 Å². The Labute approximate surface area is 216 Å². The third-order valence-electron chi connectivity index (χ3n) is 4.79. The van der Waals surface area contributed by atoms with Crippen molar-refractivity contribution in [3.8, 4) is 16.3 Å². The summed E-state index contributed by atoms with van der Waals surface area (Å²) in [5.74, 6) is 0.106. The first-order chi connectivity index (χ1) is 16.8. The summed E-state index contributed by atoms with van der Waals surface area (Å²) in [5, 5.41) is 12.3. The van der Waals surface area contributed by atoms with Crippen molar-refractivity contribution in [3.63, 3.8) is 0 Å². The molecule has 0 atom stereocenters. The van der Waals surface area contributed by atoms with Crippen molar-refractivity contribution in [2.45, 2.75) is 4.90 Å². The van der Waals surface area contributed by atoms with E-state index in [1.54, 1.807) is 37.4 Å². The Morgan fingerprint density at radius 3 is 2.37 bits per heavy atom. The molecular weight excluding hydrogens is 531 g/mol. The topological polar surface area (TPSA) is 101 Å². The van der Waals surface area contributed by atoms with Crippen LogP contribution in [-0.4, -0.2) is 38.2 Å². The van der Waals surface area contributed by atoms with Crippen molar-refractivity contribution in [2.75, 3.05) is 23.3 Å². The Balaban J connectivity index is 1.57. The second-order valence-corrected chi connectivity index (χ2v) is 10.8. The summed E-state index contributed by atoms with van der Waals surface area (Å²) < 4.78 is 32.9. The molecule has 12 heteroatoms. The highest BCUT2D eigenvalue weighted by molar-refractivity contribution is 7.92. The van der Waals surface area contributed by atoms with Crippen molar-refractivity contribution < 1.29 is 17.9 Å². The van der Waals surface area contributed by atoms with E-state index in [0.29, 0.717) is 20.8 Å². The van der Waals surface area contributed by atoms with Gasteiger partial charge in [-0.3, -0.25) is 14.4 Å². The van der Waals surface area contributed by atoms with Crippen LogP contribution in [0.2, 0.25) is 10.0 Å². The quantitative estimate of drug-likeness (QED) is 0.318. The molecule has 0 aliphatic rings. The molecular formula is C23H18Cl2N4O4S2. The zero-order chi connectivity index (χ0) is 25.0. The molecule has 0 unspecified atom stereocenters. The molecule has 4 aromatic rings. The molecule has 0 aliphatic heterocycles. The third-order valence-corrected chi connectivity index (χ3v) is 7.96. The van der Waals surface area contributed by atoms with Crippen LogP contribution in [-0.2, 0) is 14.8 Å². The molecule has 0 bridgehead atoms. The van der Waals surface area contributed by atoms with Crippen molar-refractivity contribution in [2.24, 2.45) is 0 Å². The molecule has 4 rings (SSSR count). The zero-order valence-corrected chi connectivity index (χ0v) is 21.3. The number of ether oxygens (including phenoxy) is 1. The normalized spacial score (nSPS) is 11.2. The van der Waals surface area contributed by atoms with Crippen molar-refractivity contribution in [1.29, 1.82) is 0 Å². The van der Waals surface area contributed by atoms with Gasteiger partial charge >= 0.3 is 0 Å². The SMILES string of the molecule is COc1ccc(-c2nnc(NC(=O)CN(c3cccc(Cl)c3)S(=O)(=O)c3ccc(Cl)cc3)s2)cc1. The Morgan fingerprint density at radius 2 is 1.71 bits per heavy atom. The van der Waals surface area contributed by atoms with E-state index in [4.69, 9.17) is 27.9 Å². The van der Waals surface area contributed by atoms with E-state index in [0.717, 1.165) is 21.2 Å². The second kappa shape index (κ2) is 10.6. The maximum Gasteiger partial charge on any atom is 0.264 e. The summed E-state index contributed by atoms with van der Waals surface area (Å²) in [6.45, 7) is -0.511. The molecule has 180 valence electrons. The Hall–Kier alpha value is -3.18. The smallest absolute Gasteiger partial charge is 0.264 e. The number of carbonyl (C=O) groups is 1. The predicted octanol–water partition coefficient (Wildman–Crippen LogP) is 5.35. The number of halogens is 2. The minimum atomic E-state index is -4.11. The lowest BCUT2D eigenvalue weighted by Gasteiger charge is -2.24. The summed E-state index contributed by atoms with van der Waals surface area (Å²) in [6.07, 6.45) is 0. The highest BCUT2D eigenvalue weighted by atomic mass is 35.5. The number of anilines is 2. The van der Waals surface area contributed by atoms with E-state index in [9.17, 15) is 13.2 Å². The van der Waals surface area contributed by atoms with Crippen LogP contribution in [0.5, 0.6) is 5.75 Å². The van der Waals surface area contributed by atoms with Gasteiger partial charge in [-0.1, -0.05) is 40.6 Å². The molecule has 1 heterocycles. The molecule has 1 aromatic heterocycles. The van der Waals surface area contributed by atoms with Gasteiger partial charge in [-0.2, -0.15) is 0 Å². The lowest BCUT2D eigenvalue weighted by atomic mass is 10.2. The minimum Gasteiger partial charge on any atom is -0.497 e. The molecule has 0 radical (unpaired) electrons. The van der Waals surface area contributed by atoms with Gasteiger partial charge < -0.3 is 4.74 Å². The van der Waals surface area contributed by atoms with Gasteiger partial charge in [-0.15, -0.1) is 10.2 Å². The number of hydrogen-bond acceptors (Lipinski definition) is 7. The first-order valence-corrected chi connectivity index (χ1v) is 13.1. The van der Waals surface area contributed by atoms with Gasteiger partial charge in [0.15, 0.2) is 0 Å². The molecule has 0 saturated heterocycles. The maximum absolute atomic E-state index is 13.4. The van der Waals surface area contributed by atoms with Crippen LogP contribution in [0.3, 0.4) is 0 Å². The van der Waals surface area contributed by atoms with Crippen LogP contribution >= 0.6 is 34.5 Å². The van der Waals surface area contributed by atoms with Gasteiger partial charge in [0.05, 0.1) is 17.7 Å². The number of nitrogens with zero attached hydrogens (tertiary/aromatic N) is 3. The molecule has 0 aliphatic carbocycles. The summed E-state index contributed by atoms with van der Waals surface area (Å²) in [7, 11) is -2.53. The van der Waals surface area contributed by atoms with Crippen LogP contribution in [0.1, 0.15) is 0 Å². The van der Waals surface area contributed by atoms with E-state index in [1.165, 1.54) is 30.3 Å². The number of benzene rings is 3. The average Bonchev–Trinajstić information content (AvgIpc) is 3.31. The molecule has 35 heavy (non-hydrogen) atoms. The van der Waals surface area contributed by atoms with Crippen molar-refractivity contribution in [3.05, 3.63) is 82.8 Å². The van der Waals surface area contributed by atoms with Crippen molar-refractivity contribution >= 4 is 61.3 Å². The number of methoxy groups -OCH3 is 1. The van der Waals surface area contributed by atoms with Gasteiger partial charge in [0.1, 0.15) is 17.3 Å². The molecule has 8 nitrogen and oxygen atoms in total. The summed E-state index contributed by atoms with van der Waals surface area (Å²) >= 11 is 13.2. The highest BCUT2D eigenvalue weighted by Gasteiger charge is 2.28. The molecule has 3 aromatic carbocycles. The van der Waals surface area contributed by atoms with E-state index >= 15 is 0 Å². The van der Waals surface area contributed by atoms with Crippen LogP contribution < -0.4 is 14.4 Å². The number of aromatic nitrogens is 2. The number of hydrogen-bond donors (Lipinski definition) is 1. The fourth-order valence-electron chi connectivity index (χ4n) is 3.09. The Kier molecular flexibility index (Phi) is 7.56. The number of amides is 1. The van der Waals surface area contributed by atoms with E-state index in [1.807, 2.05) is 12.1 Å². The van der Waals surface area contributed by atoms with E-state index < -0.39 is 22.5 Å². The maximum atomic E-state index is 13.4. The van der Waals surface area contributed by atoms with Crippen molar-refractivity contribution in [1.82, 2.24) is 10.2 Å². The molecule has 0 spiro atoms. The monoisotopic (exact) mass is 548 g/mol. The predicted molar refractivity (Wildman–Crippen MR) is 138 cm³/mol. The summed E-state index contributed by atoms with van der Waals surface area (Å²) in [6, 6.07) is 19.1. The fourth-order valence-corrected chi connectivity index (χ4v) is 5.58. The van der Waals surface area contributed by atoms with E-state index in [2.05, 4.69) is 15.5 Å². The standard InChI is InChI=1S/C23H18Cl2N4O4S2/c1-33-19-9-5-15(6-10-19)22-27-28-23(34-22)26-21(30)14-29(18-4-2-3-17(25)13-18)35(31,32)20-11-7-16(24)8-12-20/h2-13H,14H2,1H3,(H,26,28,30). The lowest BCUT2D eigenvalue weighted by Crippen LogP contribution is -2.38. The van der Waals surface area contributed by atoms with Gasteiger partial charge in [0.25, 0.3) is 10.0 Å². The minimum absolute atomic E-state index is 0.0209. The van der Waals surface area contributed by atoms with Gasteiger partial charge in [0.2, 0.25) is 11.0 Å². The molecule has 1 N–H and O–H groups in total. The third kappa shape index (κ3) is 5.91. The zero-order valence-electron chi connectivity index (χ0n) is 18.2.